The Morgan fingerprint density at radius 2 is 1.80 bits per heavy atom. The van der Waals surface area contributed by atoms with Crippen LogP contribution in [0.5, 0.6) is 0 Å². The van der Waals surface area contributed by atoms with Crippen molar-refractivity contribution in [3.63, 3.8) is 0 Å². The van der Waals surface area contributed by atoms with E-state index in [1.54, 1.807) is 0 Å². The molecule has 0 aliphatic rings. The van der Waals surface area contributed by atoms with Crippen LogP contribution < -0.4 is 0 Å². The molecule has 4 heteroatoms. The Kier molecular flexibility index (Phi) is 4.55. The molecule has 0 N–H and O–H groups in total. The zero-order valence-corrected chi connectivity index (χ0v) is 5.06. The first-order valence-electron chi connectivity index (χ1n) is 2.41. The summed E-state index contributed by atoms with van der Waals surface area (Å²) in [4.78, 5) is 30.0. The van der Waals surface area contributed by atoms with Crippen LogP contribution in [0.3, 0.4) is 0 Å². The number of rotatable bonds is 4. The number of imide groups is 1. The molecule has 10 heavy (non-hydrogen) atoms. The second kappa shape index (κ2) is 5.47. The Labute approximate surface area is 57.4 Å². The summed E-state index contributed by atoms with van der Waals surface area (Å²) in [6.07, 6.45) is 4.06. The van der Waals surface area contributed by atoms with Gasteiger partial charge in [-0.25, -0.2) is 4.79 Å². The first kappa shape index (κ1) is 8.33. The second-order valence-corrected chi connectivity index (χ2v) is 1.28. The molecule has 0 aromatic rings. The number of hydrogen-bond acceptors (Lipinski definition) is 3. The van der Waals surface area contributed by atoms with Crippen LogP contribution in [-0.2, 0) is 14.4 Å². The SMILES string of the molecule is O=C=C/C=C\N(C=O)C=O. The van der Waals surface area contributed by atoms with Crippen molar-refractivity contribution in [3.8, 4) is 0 Å². The van der Waals surface area contributed by atoms with Crippen molar-refractivity contribution >= 4 is 18.8 Å². The summed E-state index contributed by atoms with van der Waals surface area (Å²) in [6, 6.07) is 0. The molecule has 0 radical (unpaired) electrons. The molecular weight excluding hydrogens is 134 g/mol. The number of carbonyl (C=O) groups excluding carboxylic acids is 3. The van der Waals surface area contributed by atoms with Gasteiger partial charge in [0.2, 0.25) is 12.8 Å². The monoisotopic (exact) mass is 139 g/mol. The van der Waals surface area contributed by atoms with Crippen molar-refractivity contribution in [2.45, 2.75) is 0 Å². The van der Waals surface area contributed by atoms with E-state index < -0.39 is 0 Å². The minimum absolute atomic E-state index is 0.322. The van der Waals surface area contributed by atoms with Crippen molar-refractivity contribution in [2.75, 3.05) is 0 Å². The lowest BCUT2D eigenvalue weighted by molar-refractivity contribution is -0.126. The van der Waals surface area contributed by atoms with Crippen LogP contribution in [0.4, 0.5) is 0 Å². The molecule has 0 rings (SSSR count). The highest BCUT2D eigenvalue weighted by atomic mass is 16.2. The highest BCUT2D eigenvalue weighted by molar-refractivity contribution is 5.70. The zero-order chi connectivity index (χ0) is 7.82. The lowest BCUT2D eigenvalue weighted by atomic mass is 10.6. The molecule has 0 bridgehead atoms. The molecular formula is C6H5NO3. The van der Waals surface area contributed by atoms with Crippen LogP contribution in [0.25, 0.3) is 0 Å². The fraction of sp³-hybridized carbons (Fsp3) is 0. The van der Waals surface area contributed by atoms with E-state index >= 15 is 0 Å². The van der Waals surface area contributed by atoms with Gasteiger partial charge in [-0.2, -0.15) is 0 Å². The largest absolute Gasteiger partial charge is 0.278 e. The zero-order valence-electron chi connectivity index (χ0n) is 5.06. The molecule has 2 amide bonds. The molecule has 0 atom stereocenters. The molecule has 0 fully saturated rings. The maximum Gasteiger partial charge on any atom is 0.220 e. The minimum Gasteiger partial charge on any atom is -0.278 e. The molecule has 0 unspecified atom stereocenters. The fourth-order valence-corrected chi connectivity index (χ4v) is 0.277. The average molecular weight is 139 g/mol. The van der Waals surface area contributed by atoms with Crippen LogP contribution in [0, 0.1) is 0 Å². The summed E-state index contributed by atoms with van der Waals surface area (Å²) in [6.45, 7) is 0. The first-order chi connectivity index (χ1) is 4.85. The Bertz CT molecular complexity index is 183. The summed E-state index contributed by atoms with van der Waals surface area (Å²) in [5.41, 5.74) is 0. The molecule has 4 nitrogen and oxygen atoms in total. The van der Waals surface area contributed by atoms with Gasteiger partial charge in [-0.15, -0.1) is 0 Å². The maximum atomic E-state index is 9.86. The van der Waals surface area contributed by atoms with E-state index in [0.717, 1.165) is 17.2 Å². The van der Waals surface area contributed by atoms with Crippen LogP contribution in [0.1, 0.15) is 0 Å². The van der Waals surface area contributed by atoms with E-state index in [1.165, 1.54) is 12.0 Å². The van der Waals surface area contributed by atoms with Gasteiger partial charge >= 0.3 is 0 Å². The third kappa shape index (κ3) is 3.35. The van der Waals surface area contributed by atoms with E-state index in [2.05, 4.69) is 0 Å². The third-order valence-electron chi connectivity index (χ3n) is 0.666. The van der Waals surface area contributed by atoms with Crippen molar-refractivity contribution in [1.82, 2.24) is 4.90 Å². The quantitative estimate of drug-likeness (QED) is 0.300. The lowest BCUT2D eigenvalue weighted by Gasteiger charge is -1.95. The number of hydrogen-bond donors (Lipinski definition) is 0. The van der Waals surface area contributed by atoms with E-state index in [9.17, 15) is 14.4 Å². The van der Waals surface area contributed by atoms with Gasteiger partial charge in [-0.1, -0.05) is 0 Å². The Morgan fingerprint density at radius 1 is 1.20 bits per heavy atom. The van der Waals surface area contributed by atoms with E-state index in [0.29, 0.717) is 12.8 Å². The fourth-order valence-electron chi connectivity index (χ4n) is 0.277. The van der Waals surface area contributed by atoms with Crippen molar-refractivity contribution < 1.29 is 14.4 Å². The Hall–Kier alpha value is -1.67. The third-order valence-corrected chi connectivity index (χ3v) is 0.666. The van der Waals surface area contributed by atoms with Gasteiger partial charge in [0, 0.05) is 12.3 Å². The summed E-state index contributed by atoms with van der Waals surface area (Å²) in [5, 5.41) is 0. The van der Waals surface area contributed by atoms with Crippen molar-refractivity contribution in [1.29, 1.82) is 0 Å². The molecule has 0 saturated carbocycles. The number of nitrogens with zero attached hydrogens (tertiary/aromatic N) is 1. The standard InChI is InChI=1S/C6H5NO3/c8-4-2-1-3-7(5-9)6-10/h1-3,5-6H/b3-1-. The first-order valence-corrected chi connectivity index (χ1v) is 2.41. The van der Waals surface area contributed by atoms with Crippen molar-refractivity contribution in [3.05, 3.63) is 18.4 Å². The highest BCUT2D eigenvalue weighted by Crippen LogP contribution is 1.77. The number of carbonyl (C=O) groups is 2. The summed E-state index contributed by atoms with van der Waals surface area (Å²) in [5.74, 6) is 1.45. The van der Waals surface area contributed by atoms with Gasteiger partial charge < -0.3 is 0 Å². The van der Waals surface area contributed by atoms with Crippen LogP contribution in [0.2, 0.25) is 0 Å². The van der Waals surface area contributed by atoms with Crippen molar-refractivity contribution in [2.24, 2.45) is 0 Å². The topological polar surface area (TPSA) is 54.5 Å². The van der Waals surface area contributed by atoms with Gasteiger partial charge in [-0.05, 0) is 6.08 Å². The van der Waals surface area contributed by atoms with Crippen LogP contribution >= 0.6 is 0 Å². The van der Waals surface area contributed by atoms with Crippen LogP contribution in [-0.4, -0.2) is 23.7 Å². The van der Waals surface area contributed by atoms with Gasteiger partial charge in [-0.3, -0.25) is 14.5 Å². The molecule has 0 saturated heterocycles. The van der Waals surface area contributed by atoms with E-state index in [4.69, 9.17) is 0 Å². The summed E-state index contributed by atoms with van der Waals surface area (Å²) < 4.78 is 0. The lowest BCUT2D eigenvalue weighted by Crippen LogP contribution is -2.10. The van der Waals surface area contributed by atoms with Gasteiger partial charge in [0.25, 0.3) is 0 Å². The minimum atomic E-state index is 0.322. The summed E-state index contributed by atoms with van der Waals surface area (Å²) >= 11 is 0. The highest BCUT2D eigenvalue weighted by Gasteiger charge is 1.86. The predicted molar refractivity (Wildman–Crippen MR) is 33.4 cm³/mol. The van der Waals surface area contributed by atoms with E-state index in [1.807, 2.05) is 0 Å². The van der Waals surface area contributed by atoms with Gasteiger partial charge in [0.15, 0.2) is 0 Å². The molecule has 0 aliphatic heterocycles. The predicted octanol–water partition coefficient (Wildman–Crippen LogP) is -0.497. The molecule has 52 valence electrons. The molecule has 0 aromatic carbocycles. The Morgan fingerprint density at radius 3 is 2.20 bits per heavy atom. The van der Waals surface area contributed by atoms with Crippen LogP contribution in [0.15, 0.2) is 18.4 Å². The molecule has 0 aliphatic carbocycles. The second-order valence-electron chi connectivity index (χ2n) is 1.28. The van der Waals surface area contributed by atoms with Gasteiger partial charge in [0.1, 0.15) is 5.94 Å². The maximum absolute atomic E-state index is 9.86. The summed E-state index contributed by atoms with van der Waals surface area (Å²) in [7, 11) is 0. The average Bonchev–Trinajstić information content (AvgIpc) is 1.99. The molecule has 0 heterocycles. The Balaban J connectivity index is 3.94. The molecule has 0 aromatic heterocycles. The van der Waals surface area contributed by atoms with Gasteiger partial charge in [0.05, 0.1) is 0 Å². The molecule has 0 spiro atoms. The smallest absolute Gasteiger partial charge is 0.220 e. The van der Waals surface area contributed by atoms with E-state index in [-0.39, 0.29) is 0 Å². The number of allylic oxidation sites excluding steroid dienone is 2. The normalized spacial score (nSPS) is 8.40. The number of amides is 2.